The maximum Gasteiger partial charge on any atom is 0.263 e. The van der Waals surface area contributed by atoms with E-state index in [0.29, 0.717) is 19.0 Å². The lowest BCUT2D eigenvalue weighted by Gasteiger charge is -2.40. The third-order valence-corrected chi connectivity index (χ3v) is 6.41. The van der Waals surface area contributed by atoms with Crippen LogP contribution in [-0.2, 0) is 4.79 Å². The lowest BCUT2D eigenvalue weighted by molar-refractivity contribution is -0.140. The number of rotatable bonds is 7. The van der Waals surface area contributed by atoms with E-state index in [1.807, 2.05) is 30.0 Å². The van der Waals surface area contributed by atoms with Gasteiger partial charge in [-0.1, -0.05) is 92.7 Å². The first-order valence-corrected chi connectivity index (χ1v) is 11.9. The van der Waals surface area contributed by atoms with E-state index >= 15 is 0 Å². The molecule has 0 N–H and O–H groups in total. The Kier molecular flexibility index (Phi) is 7.46. The van der Waals surface area contributed by atoms with Gasteiger partial charge in [0.15, 0.2) is 6.10 Å². The second-order valence-corrected chi connectivity index (χ2v) is 9.04. The smallest absolute Gasteiger partial charge is 0.263 e. The maximum atomic E-state index is 13.2. The summed E-state index contributed by atoms with van der Waals surface area (Å²) in [7, 11) is 0. The first-order valence-electron chi connectivity index (χ1n) is 11.9. The summed E-state index contributed by atoms with van der Waals surface area (Å²) in [4.78, 5) is 17.6. The molecule has 0 unspecified atom stereocenters. The van der Waals surface area contributed by atoms with Gasteiger partial charge in [0.25, 0.3) is 5.91 Å². The molecule has 3 aromatic carbocycles. The Balaban J connectivity index is 1.43. The molecule has 1 amide bonds. The number of piperazine rings is 1. The van der Waals surface area contributed by atoms with Crippen LogP contribution < -0.4 is 4.74 Å². The highest BCUT2D eigenvalue weighted by Gasteiger charge is 2.30. The van der Waals surface area contributed by atoms with Crippen molar-refractivity contribution in [2.45, 2.75) is 38.8 Å². The molecule has 33 heavy (non-hydrogen) atoms. The minimum absolute atomic E-state index is 0.0594. The van der Waals surface area contributed by atoms with Crippen LogP contribution in [0.1, 0.15) is 49.4 Å². The Bertz CT molecular complexity index is 988. The van der Waals surface area contributed by atoms with E-state index < -0.39 is 6.10 Å². The molecule has 0 aliphatic carbocycles. The second-order valence-electron chi connectivity index (χ2n) is 9.04. The monoisotopic (exact) mass is 442 g/mol. The molecule has 3 aromatic rings. The molecule has 1 aliphatic heterocycles. The van der Waals surface area contributed by atoms with E-state index in [2.05, 4.69) is 85.5 Å². The van der Waals surface area contributed by atoms with Gasteiger partial charge in [-0.3, -0.25) is 9.69 Å². The molecule has 0 spiro atoms. The fourth-order valence-electron chi connectivity index (χ4n) is 4.65. The van der Waals surface area contributed by atoms with E-state index in [9.17, 15) is 4.79 Å². The Hall–Kier alpha value is -3.11. The van der Waals surface area contributed by atoms with E-state index in [0.717, 1.165) is 24.4 Å². The summed E-state index contributed by atoms with van der Waals surface area (Å²) in [6, 6.07) is 29.5. The molecular weight excluding hydrogens is 408 g/mol. The lowest BCUT2D eigenvalue weighted by atomic mass is 9.96. The van der Waals surface area contributed by atoms with Gasteiger partial charge in [0.05, 0.1) is 6.04 Å². The van der Waals surface area contributed by atoms with Crippen molar-refractivity contribution in [2.75, 3.05) is 26.2 Å². The molecule has 1 heterocycles. The van der Waals surface area contributed by atoms with Gasteiger partial charge in [0.1, 0.15) is 5.75 Å². The van der Waals surface area contributed by atoms with E-state index in [-0.39, 0.29) is 11.9 Å². The van der Waals surface area contributed by atoms with Gasteiger partial charge < -0.3 is 9.64 Å². The third kappa shape index (κ3) is 5.45. The van der Waals surface area contributed by atoms with Crippen LogP contribution in [0.3, 0.4) is 0 Å². The van der Waals surface area contributed by atoms with Crippen molar-refractivity contribution in [2.24, 2.45) is 0 Å². The molecule has 0 radical (unpaired) electrons. The first-order chi connectivity index (χ1) is 16.0. The molecular formula is C29H34N2O2. The molecule has 0 saturated carbocycles. The Morgan fingerprint density at radius 2 is 1.24 bits per heavy atom. The molecule has 1 aliphatic rings. The van der Waals surface area contributed by atoms with Crippen molar-refractivity contribution in [3.05, 3.63) is 102 Å². The quantitative estimate of drug-likeness (QED) is 0.484. The van der Waals surface area contributed by atoms with Crippen LogP contribution in [0.15, 0.2) is 84.9 Å². The van der Waals surface area contributed by atoms with Crippen molar-refractivity contribution >= 4 is 5.91 Å². The van der Waals surface area contributed by atoms with Crippen LogP contribution in [-0.4, -0.2) is 48.0 Å². The zero-order valence-corrected chi connectivity index (χ0v) is 19.9. The fraction of sp³-hybridized carbons (Fsp3) is 0.345. The van der Waals surface area contributed by atoms with Crippen LogP contribution >= 0.6 is 0 Å². The Morgan fingerprint density at radius 3 is 1.79 bits per heavy atom. The topological polar surface area (TPSA) is 32.8 Å². The van der Waals surface area contributed by atoms with Crippen LogP contribution in [0, 0.1) is 0 Å². The van der Waals surface area contributed by atoms with Crippen LogP contribution in [0.2, 0.25) is 0 Å². The first kappa shape index (κ1) is 23.1. The van der Waals surface area contributed by atoms with E-state index in [1.165, 1.54) is 11.1 Å². The molecule has 1 saturated heterocycles. The van der Waals surface area contributed by atoms with Gasteiger partial charge in [-0.2, -0.15) is 0 Å². The third-order valence-electron chi connectivity index (χ3n) is 6.41. The normalized spacial score (nSPS) is 15.6. The fourth-order valence-corrected chi connectivity index (χ4v) is 4.65. The highest BCUT2D eigenvalue weighted by molar-refractivity contribution is 5.81. The molecule has 4 nitrogen and oxygen atoms in total. The van der Waals surface area contributed by atoms with Crippen LogP contribution in [0.25, 0.3) is 0 Å². The average Bonchev–Trinajstić information content (AvgIpc) is 2.86. The van der Waals surface area contributed by atoms with Crippen molar-refractivity contribution in [1.29, 1.82) is 0 Å². The summed E-state index contributed by atoms with van der Waals surface area (Å²) in [5.41, 5.74) is 3.70. The summed E-state index contributed by atoms with van der Waals surface area (Å²) < 4.78 is 6.13. The summed E-state index contributed by atoms with van der Waals surface area (Å²) >= 11 is 0. The van der Waals surface area contributed by atoms with Crippen LogP contribution in [0.4, 0.5) is 0 Å². The second kappa shape index (κ2) is 10.7. The summed E-state index contributed by atoms with van der Waals surface area (Å²) in [5, 5.41) is 0. The summed E-state index contributed by atoms with van der Waals surface area (Å²) in [5.74, 6) is 1.21. The summed E-state index contributed by atoms with van der Waals surface area (Å²) in [6.45, 7) is 9.21. The predicted octanol–water partition coefficient (Wildman–Crippen LogP) is 5.51. The van der Waals surface area contributed by atoms with E-state index in [4.69, 9.17) is 4.74 Å². The minimum Gasteiger partial charge on any atom is -0.481 e. The highest BCUT2D eigenvalue weighted by atomic mass is 16.5. The minimum atomic E-state index is -0.504. The zero-order valence-electron chi connectivity index (χ0n) is 19.9. The number of hydrogen-bond donors (Lipinski definition) is 0. The highest BCUT2D eigenvalue weighted by Crippen LogP contribution is 2.30. The maximum absolute atomic E-state index is 13.2. The van der Waals surface area contributed by atoms with Gasteiger partial charge in [-0.15, -0.1) is 0 Å². The summed E-state index contributed by atoms with van der Waals surface area (Å²) in [6.07, 6.45) is -0.504. The average molecular weight is 443 g/mol. The number of carbonyl (C=O) groups is 1. The number of para-hydroxylation sites is 1. The zero-order chi connectivity index (χ0) is 23.2. The number of amides is 1. The molecule has 1 atom stereocenters. The number of nitrogens with zero attached hydrogens (tertiary/aromatic N) is 2. The Labute approximate surface area is 197 Å². The van der Waals surface area contributed by atoms with Gasteiger partial charge >= 0.3 is 0 Å². The lowest BCUT2D eigenvalue weighted by Crippen LogP contribution is -2.52. The molecule has 0 bridgehead atoms. The Morgan fingerprint density at radius 1 is 0.727 bits per heavy atom. The molecule has 1 fully saturated rings. The SMILES string of the molecule is CC(C)c1ccccc1O[C@H](C)C(=O)N1CCN(C(c2ccccc2)c2ccccc2)CC1. The van der Waals surface area contributed by atoms with Crippen molar-refractivity contribution in [3.8, 4) is 5.75 Å². The molecule has 4 heteroatoms. The van der Waals surface area contributed by atoms with Gasteiger partial charge in [-0.05, 0) is 35.6 Å². The van der Waals surface area contributed by atoms with Crippen LogP contribution in [0.5, 0.6) is 5.75 Å². The van der Waals surface area contributed by atoms with Crippen molar-refractivity contribution < 1.29 is 9.53 Å². The van der Waals surface area contributed by atoms with Gasteiger partial charge in [0, 0.05) is 26.2 Å². The standard InChI is InChI=1S/C29H34N2O2/c1-22(2)26-16-10-11-17-27(26)33-23(3)29(32)31-20-18-30(19-21-31)28(24-12-6-4-7-13-24)25-14-8-5-9-15-25/h4-17,22-23,28H,18-21H2,1-3H3/t23-/m1/s1. The number of benzene rings is 3. The molecule has 0 aromatic heterocycles. The largest absolute Gasteiger partial charge is 0.481 e. The van der Waals surface area contributed by atoms with Gasteiger partial charge in [-0.25, -0.2) is 0 Å². The molecule has 172 valence electrons. The van der Waals surface area contributed by atoms with E-state index in [1.54, 1.807) is 0 Å². The van der Waals surface area contributed by atoms with Crippen molar-refractivity contribution in [3.63, 3.8) is 0 Å². The molecule has 4 rings (SSSR count). The number of carbonyl (C=O) groups excluding carboxylic acids is 1. The number of hydrogen-bond acceptors (Lipinski definition) is 3. The van der Waals surface area contributed by atoms with Gasteiger partial charge in [0.2, 0.25) is 0 Å². The number of ether oxygens (including phenoxy) is 1. The van der Waals surface area contributed by atoms with Crippen molar-refractivity contribution in [1.82, 2.24) is 9.80 Å². The predicted molar refractivity (Wildman–Crippen MR) is 134 cm³/mol.